The van der Waals surface area contributed by atoms with Gasteiger partial charge in [-0.3, -0.25) is 13.8 Å². The number of rotatable bonds is 36. The van der Waals surface area contributed by atoms with E-state index in [4.69, 9.17) is 9.05 Å². The maximum Gasteiger partial charge on any atom is 0.472 e. The molecule has 0 radical (unpaired) electrons. The Morgan fingerprint density at radius 3 is 1.54 bits per heavy atom. The molecular formula is C43H82NO12P. The first kappa shape index (κ1) is 53.8. The van der Waals surface area contributed by atoms with Crippen LogP contribution in [0, 0.1) is 0 Å². The minimum atomic E-state index is -5.14. The largest absolute Gasteiger partial charge is 0.472 e. The summed E-state index contributed by atoms with van der Waals surface area (Å²) in [5.41, 5.74) is 0. The molecule has 0 aromatic carbocycles. The zero-order chi connectivity index (χ0) is 42.3. The second-order valence-electron chi connectivity index (χ2n) is 16.1. The van der Waals surface area contributed by atoms with Crippen molar-refractivity contribution in [3.63, 3.8) is 0 Å². The van der Waals surface area contributed by atoms with Gasteiger partial charge in [-0.1, -0.05) is 167 Å². The number of phosphoric ester groups is 1. The number of hydrogen-bond donors (Lipinski definition) is 9. The Morgan fingerprint density at radius 1 is 0.614 bits per heavy atom. The minimum Gasteiger partial charge on any atom is -0.393 e. The van der Waals surface area contributed by atoms with Gasteiger partial charge < -0.3 is 46.0 Å². The topological polar surface area (TPSA) is 226 Å². The van der Waals surface area contributed by atoms with Gasteiger partial charge in [0.2, 0.25) is 5.91 Å². The van der Waals surface area contributed by atoms with E-state index < -0.39 is 75.2 Å². The van der Waals surface area contributed by atoms with Crippen molar-refractivity contribution in [2.24, 2.45) is 0 Å². The summed E-state index contributed by atoms with van der Waals surface area (Å²) in [6.45, 7) is 3.66. The third-order valence-corrected chi connectivity index (χ3v) is 11.8. The summed E-state index contributed by atoms with van der Waals surface area (Å²) in [6.07, 6.45) is 21.6. The van der Waals surface area contributed by atoms with Gasteiger partial charge >= 0.3 is 7.82 Å². The van der Waals surface area contributed by atoms with Crippen LogP contribution in [0.2, 0.25) is 0 Å². The summed E-state index contributed by atoms with van der Waals surface area (Å²) < 4.78 is 22.7. The number of carbonyl (C=O) groups is 1. The summed E-state index contributed by atoms with van der Waals surface area (Å²) in [5, 5.41) is 74.1. The molecule has 57 heavy (non-hydrogen) atoms. The van der Waals surface area contributed by atoms with E-state index in [9.17, 15) is 50.0 Å². The van der Waals surface area contributed by atoms with E-state index in [2.05, 4.69) is 31.3 Å². The molecule has 1 saturated carbocycles. The van der Waals surface area contributed by atoms with Crippen LogP contribution in [0.1, 0.15) is 181 Å². The maximum atomic E-state index is 12.9. The molecule has 1 amide bonds. The molecule has 1 rings (SSSR count). The second-order valence-corrected chi connectivity index (χ2v) is 17.5. The van der Waals surface area contributed by atoms with Gasteiger partial charge in [0.25, 0.3) is 0 Å². The van der Waals surface area contributed by atoms with Gasteiger partial charge in [0.15, 0.2) is 0 Å². The molecule has 0 aromatic heterocycles. The van der Waals surface area contributed by atoms with Gasteiger partial charge in [-0.05, 0) is 32.1 Å². The second kappa shape index (κ2) is 33.5. The molecule has 336 valence electrons. The predicted molar refractivity (Wildman–Crippen MR) is 224 cm³/mol. The van der Waals surface area contributed by atoms with Crippen LogP contribution >= 0.6 is 7.82 Å². The van der Waals surface area contributed by atoms with Crippen molar-refractivity contribution in [2.75, 3.05) is 6.61 Å². The minimum absolute atomic E-state index is 0.249. The van der Waals surface area contributed by atoms with Crippen LogP contribution in [-0.2, 0) is 18.4 Å². The molecular weight excluding hydrogens is 753 g/mol. The van der Waals surface area contributed by atoms with Gasteiger partial charge in [-0.2, -0.15) is 0 Å². The van der Waals surface area contributed by atoms with Gasteiger partial charge in [-0.15, -0.1) is 0 Å². The SMILES string of the molecule is CCCCC/C=C/CC/C=C/C(O)C(COP(=O)(O)OC1C(O)C(O)C(O)C(O)C1O)NC(=O)CC(O)CCCCCCCCCCCCCCCCCCCC. The van der Waals surface area contributed by atoms with Crippen molar-refractivity contribution in [2.45, 2.75) is 236 Å². The Morgan fingerprint density at radius 2 is 1.04 bits per heavy atom. The van der Waals surface area contributed by atoms with Gasteiger partial charge in [0.05, 0.1) is 31.3 Å². The number of allylic oxidation sites excluding steroid dienone is 3. The third kappa shape index (κ3) is 25.9. The Balaban J connectivity index is 2.48. The standard InChI is InChI=1S/C43H82NO12P/c1-3-5-7-9-11-13-14-15-16-17-18-19-20-21-23-24-26-28-30-34(45)32-37(47)44-35(36(46)31-29-27-25-22-12-10-8-6-4-2)33-55-57(53,54)56-43-41(51)39(49)38(48)40(50)42(43)52/h12,22,29,31,34-36,38-43,45-46,48-52H,3-11,13-21,23-28,30,32-33H2,1-2H3,(H,44,47)(H,53,54)/b22-12+,31-29+. The summed E-state index contributed by atoms with van der Waals surface area (Å²) in [6, 6.07) is -1.25. The highest BCUT2D eigenvalue weighted by molar-refractivity contribution is 7.47. The van der Waals surface area contributed by atoms with Crippen LogP contribution in [0.15, 0.2) is 24.3 Å². The smallest absolute Gasteiger partial charge is 0.393 e. The third-order valence-electron chi connectivity index (χ3n) is 10.8. The highest BCUT2D eigenvalue weighted by atomic mass is 31.2. The number of unbranched alkanes of at least 4 members (excludes halogenated alkanes) is 21. The van der Waals surface area contributed by atoms with Crippen molar-refractivity contribution in [1.29, 1.82) is 0 Å². The van der Waals surface area contributed by atoms with Gasteiger partial charge in [-0.25, -0.2) is 4.57 Å². The normalized spacial score (nSPS) is 24.2. The first-order chi connectivity index (χ1) is 27.3. The molecule has 8 unspecified atom stereocenters. The van der Waals surface area contributed by atoms with E-state index in [1.165, 1.54) is 102 Å². The van der Waals surface area contributed by atoms with Crippen molar-refractivity contribution in [3.05, 3.63) is 24.3 Å². The summed E-state index contributed by atoms with van der Waals surface area (Å²) >= 11 is 0. The molecule has 0 saturated heterocycles. The number of aliphatic hydroxyl groups excluding tert-OH is 7. The van der Waals surface area contributed by atoms with Crippen molar-refractivity contribution in [3.8, 4) is 0 Å². The molecule has 0 aromatic rings. The van der Waals surface area contributed by atoms with E-state index in [1.807, 2.05) is 0 Å². The Labute approximate surface area is 344 Å². The van der Waals surface area contributed by atoms with E-state index in [0.29, 0.717) is 12.8 Å². The number of aliphatic hydroxyl groups is 7. The fourth-order valence-corrected chi connectivity index (χ4v) is 8.05. The lowest BCUT2D eigenvalue weighted by Gasteiger charge is -2.41. The fraction of sp³-hybridized carbons (Fsp3) is 0.884. The Hall–Kier alpha value is -1.22. The lowest BCUT2D eigenvalue weighted by Crippen LogP contribution is -2.64. The van der Waals surface area contributed by atoms with E-state index in [1.54, 1.807) is 6.08 Å². The van der Waals surface area contributed by atoms with E-state index in [0.717, 1.165) is 51.4 Å². The summed E-state index contributed by atoms with van der Waals surface area (Å²) in [4.78, 5) is 23.3. The molecule has 1 aliphatic carbocycles. The number of phosphoric acid groups is 1. The van der Waals surface area contributed by atoms with Crippen LogP contribution < -0.4 is 5.32 Å². The van der Waals surface area contributed by atoms with Gasteiger partial charge in [0.1, 0.15) is 36.6 Å². The summed E-state index contributed by atoms with van der Waals surface area (Å²) in [7, 11) is -5.14. The van der Waals surface area contributed by atoms with Crippen molar-refractivity contribution in [1.82, 2.24) is 5.32 Å². The number of nitrogens with one attached hydrogen (secondary N) is 1. The molecule has 14 heteroatoms. The van der Waals surface area contributed by atoms with Crippen LogP contribution in [-0.4, -0.2) is 108 Å². The lowest BCUT2D eigenvalue weighted by molar-refractivity contribution is -0.220. The Kier molecular flexibility index (Phi) is 31.6. The summed E-state index contributed by atoms with van der Waals surface area (Å²) in [5.74, 6) is -0.604. The molecule has 13 nitrogen and oxygen atoms in total. The van der Waals surface area contributed by atoms with Crippen molar-refractivity contribution < 1.29 is 59.0 Å². The fourth-order valence-electron chi connectivity index (χ4n) is 7.08. The molecule has 0 aliphatic heterocycles. The maximum absolute atomic E-state index is 12.9. The monoisotopic (exact) mass is 836 g/mol. The zero-order valence-corrected chi connectivity index (χ0v) is 36.1. The molecule has 0 bridgehead atoms. The molecule has 1 fully saturated rings. The highest BCUT2D eigenvalue weighted by Crippen LogP contribution is 2.47. The molecule has 9 N–H and O–H groups in total. The van der Waals surface area contributed by atoms with Crippen molar-refractivity contribution >= 4 is 13.7 Å². The number of hydrogen-bond acceptors (Lipinski definition) is 11. The van der Waals surface area contributed by atoms with Crippen LogP contribution in [0.3, 0.4) is 0 Å². The predicted octanol–water partition coefficient (Wildman–Crippen LogP) is 6.81. The van der Waals surface area contributed by atoms with Gasteiger partial charge in [0, 0.05) is 0 Å². The molecule has 8 atom stereocenters. The van der Waals surface area contributed by atoms with E-state index >= 15 is 0 Å². The molecule has 1 aliphatic rings. The zero-order valence-electron chi connectivity index (χ0n) is 35.3. The average Bonchev–Trinajstić information content (AvgIpc) is 3.18. The van der Waals surface area contributed by atoms with Crippen LogP contribution in [0.4, 0.5) is 0 Å². The lowest BCUT2D eigenvalue weighted by atomic mass is 9.85. The van der Waals surface area contributed by atoms with Crippen LogP contribution in [0.25, 0.3) is 0 Å². The number of amides is 1. The first-order valence-corrected chi connectivity index (χ1v) is 23.9. The average molecular weight is 836 g/mol. The first-order valence-electron chi connectivity index (χ1n) is 22.4. The number of carbonyl (C=O) groups excluding carboxylic acids is 1. The van der Waals surface area contributed by atoms with E-state index in [-0.39, 0.29) is 6.42 Å². The quantitative estimate of drug-likeness (QED) is 0.0180. The Bertz CT molecular complexity index is 1080. The van der Waals surface area contributed by atoms with Crippen LogP contribution in [0.5, 0.6) is 0 Å². The molecule has 0 heterocycles. The highest BCUT2D eigenvalue weighted by Gasteiger charge is 2.51. The molecule has 0 spiro atoms.